The van der Waals surface area contributed by atoms with Gasteiger partial charge in [-0.15, -0.1) is 0 Å². The monoisotopic (exact) mass is 425 g/mol. The molecule has 2 aromatic carbocycles. The normalized spacial score (nSPS) is 18.2. The van der Waals surface area contributed by atoms with E-state index in [2.05, 4.69) is 86.6 Å². The van der Waals surface area contributed by atoms with Gasteiger partial charge < -0.3 is 9.64 Å². The highest BCUT2D eigenvalue weighted by molar-refractivity contribution is 6.30. The summed E-state index contributed by atoms with van der Waals surface area (Å²) in [6, 6.07) is 12.7. The Kier molecular flexibility index (Phi) is 6.92. The van der Waals surface area contributed by atoms with Crippen LogP contribution in [0.4, 0.5) is 11.4 Å². The second-order valence-corrected chi connectivity index (χ2v) is 8.34. The molecule has 0 radical (unpaired) electrons. The number of benzene rings is 2. The van der Waals surface area contributed by atoms with Gasteiger partial charge in [-0.2, -0.15) is 4.58 Å². The lowest BCUT2D eigenvalue weighted by Crippen LogP contribution is -2.30. The van der Waals surface area contributed by atoms with E-state index in [1.807, 2.05) is 6.07 Å². The number of ether oxygens (including phenoxy) is 1. The Balaban J connectivity index is 2.04. The van der Waals surface area contributed by atoms with Gasteiger partial charge in [-0.1, -0.05) is 18.5 Å². The first-order valence-electron chi connectivity index (χ1n) is 11.0. The van der Waals surface area contributed by atoms with Gasteiger partial charge in [-0.25, -0.2) is 0 Å². The van der Waals surface area contributed by atoms with Crippen molar-refractivity contribution in [1.29, 1.82) is 0 Å². The van der Waals surface area contributed by atoms with Crippen molar-refractivity contribution in [3.63, 3.8) is 0 Å². The van der Waals surface area contributed by atoms with Crippen molar-refractivity contribution in [2.75, 3.05) is 31.6 Å². The number of halogens is 1. The fraction of sp³-hybridized carbons (Fsp3) is 0.423. The molecule has 0 bridgehead atoms. The molecule has 1 atom stereocenters. The third-order valence-corrected chi connectivity index (χ3v) is 6.72. The fourth-order valence-corrected chi connectivity index (χ4v) is 4.70. The highest BCUT2D eigenvalue weighted by atomic mass is 35.5. The quantitative estimate of drug-likeness (QED) is 0.437. The first kappa shape index (κ1) is 22.4. The van der Waals surface area contributed by atoms with Gasteiger partial charge in [-0.05, 0) is 64.5 Å². The van der Waals surface area contributed by atoms with E-state index in [4.69, 9.17) is 16.3 Å². The van der Waals surface area contributed by atoms with E-state index in [-0.39, 0.29) is 5.41 Å². The maximum atomic E-state index is 6.36. The number of allylic oxidation sites excluding steroid dienone is 1. The molecule has 0 fully saturated rings. The van der Waals surface area contributed by atoms with E-state index in [0.29, 0.717) is 0 Å². The largest absolute Gasteiger partial charge is 0.496 e. The van der Waals surface area contributed by atoms with Gasteiger partial charge in [0.25, 0.3) is 0 Å². The number of anilines is 1. The van der Waals surface area contributed by atoms with E-state index >= 15 is 0 Å². The van der Waals surface area contributed by atoms with Crippen molar-refractivity contribution in [3.8, 4) is 5.75 Å². The van der Waals surface area contributed by atoms with E-state index in [1.165, 1.54) is 22.6 Å². The lowest BCUT2D eigenvalue weighted by atomic mass is 9.77. The highest BCUT2D eigenvalue weighted by Gasteiger charge is 2.46. The molecule has 0 aromatic heterocycles. The van der Waals surface area contributed by atoms with Crippen molar-refractivity contribution < 1.29 is 9.31 Å². The van der Waals surface area contributed by atoms with Crippen LogP contribution in [-0.4, -0.2) is 37.0 Å². The average Bonchev–Trinajstić information content (AvgIpc) is 3.00. The highest BCUT2D eigenvalue weighted by Crippen LogP contribution is 2.43. The summed E-state index contributed by atoms with van der Waals surface area (Å²) in [4.78, 5) is 2.33. The molecule has 2 aromatic rings. The summed E-state index contributed by atoms with van der Waals surface area (Å²) in [6.07, 6.45) is 5.45. The molecule has 0 spiro atoms. The van der Waals surface area contributed by atoms with Gasteiger partial charge in [0.05, 0.1) is 12.5 Å². The second kappa shape index (κ2) is 9.26. The number of hydrogen-bond acceptors (Lipinski definition) is 2. The molecule has 0 amide bonds. The van der Waals surface area contributed by atoms with Gasteiger partial charge in [0.2, 0.25) is 5.69 Å². The van der Waals surface area contributed by atoms with Crippen LogP contribution < -0.4 is 9.64 Å². The molecule has 160 valence electrons. The topological polar surface area (TPSA) is 15.5 Å². The maximum absolute atomic E-state index is 6.36. The Bertz CT molecular complexity index is 975. The molecule has 0 aliphatic carbocycles. The van der Waals surface area contributed by atoms with Gasteiger partial charge >= 0.3 is 0 Å². The van der Waals surface area contributed by atoms with Crippen molar-refractivity contribution in [3.05, 3.63) is 58.6 Å². The molecule has 1 aliphatic heterocycles. The van der Waals surface area contributed by atoms with Crippen LogP contribution in [0.2, 0.25) is 5.02 Å². The van der Waals surface area contributed by atoms with Gasteiger partial charge in [0, 0.05) is 53.1 Å². The predicted molar refractivity (Wildman–Crippen MR) is 130 cm³/mol. The molecule has 3 rings (SSSR count). The summed E-state index contributed by atoms with van der Waals surface area (Å²) in [5.74, 6) is 0.899. The summed E-state index contributed by atoms with van der Waals surface area (Å²) in [5.41, 5.74) is 6.08. The smallest absolute Gasteiger partial charge is 0.209 e. The first-order valence-corrected chi connectivity index (χ1v) is 11.4. The Morgan fingerprint density at radius 3 is 2.37 bits per heavy atom. The lowest BCUT2D eigenvalue weighted by Gasteiger charge is -2.22. The predicted octanol–water partition coefficient (Wildman–Crippen LogP) is 6.69. The molecule has 3 nitrogen and oxygen atoms in total. The molecule has 1 aliphatic rings. The third-order valence-electron chi connectivity index (χ3n) is 6.49. The lowest BCUT2D eigenvalue weighted by molar-refractivity contribution is -0.433. The minimum atomic E-state index is -0.0683. The van der Waals surface area contributed by atoms with Crippen LogP contribution in [0.25, 0.3) is 6.08 Å². The Hall–Kier alpha value is -2.26. The van der Waals surface area contributed by atoms with Gasteiger partial charge in [0.1, 0.15) is 12.3 Å². The number of hydrogen-bond donors (Lipinski definition) is 0. The molecule has 30 heavy (non-hydrogen) atoms. The molecule has 0 saturated heterocycles. The zero-order chi connectivity index (χ0) is 21.9. The molecular formula is C26H34ClN2O+. The summed E-state index contributed by atoms with van der Waals surface area (Å²) < 4.78 is 8.14. The van der Waals surface area contributed by atoms with Crippen molar-refractivity contribution in [2.45, 2.75) is 46.5 Å². The SMILES string of the molecule is CCN(CC)c1ccc(/C=C/C2=[N+](CC)c3ccc(Cl)cc3C2(C)CC)c(OC)c1. The zero-order valence-electron chi connectivity index (χ0n) is 19.1. The maximum Gasteiger partial charge on any atom is 0.209 e. The van der Waals surface area contributed by atoms with Crippen molar-refractivity contribution >= 4 is 34.8 Å². The fourth-order valence-electron chi connectivity index (χ4n) is 4.53. The molecule has 0 N–H and O–H groups in total. The minimum absolute atomic E-state index is 0.0683. The molecule has 1 heterocycles. The van der Waals surface area contributed by atoms with Crippen LogP contribution in [0.15, 0.2) is 42.5 Å². The summed E-state index contributed by atoms with van der Waals surface area (Å²) in [6.45, 7) is 14.0. The van der Waals surface area contributed by atoms with Crippen molar-refractivity contribution in [2.24, 2.45) is 0 Å². The van der Waals surface area contributed by atoms with Crippen LogP contribution in [0, 0.1) is 0 Å². The molecule has 1 unspecified atom stereocenters. The van der Waals surface area contributed by atoms with Crippen LogP contribution in [0.3, 0.4) is 0 Å². The van der Waals surface area contributed by atoms with Crippen LogP contribution >= 0.6 is 11.6 Å². The Labute approximate surface area is 186 Å². The van der Waals surface area contributed by atoms with Gasteiger partial charge in [-0.3, -0.25) is 0 Å². The Morgan fingerprint density at radius 2 is 1.77 bits per heavy atom. The number of nitrogens with zero attached hydrogens (tertiary/aromatic N) is 2. The summed E-state index contributed by atoms with van der Waals surface area (Å²) in [7, 11) is 1.74. The zero-order valence-corrected chi connectivity index (χ0v) is 19.9. The molecule has 4 heteroatoms. The van der Waals surface area contributed by atoms with E-state index in [1.54, 1.807) is 7.11 Å². The van der Waals surface area contributed by atoms with Gasteiger partial charge in [0.15, 0.2) is 5.71 Å². The standard InChI is InChI=1S/C26H34ClN2O/c1-7-26(5)22-17-20(27)13-15-23(22)29(10-4)25(26)16-12-19-11-14-21(18-24(19)30-6)28(8-2)9-3/h11-18H,7-10H2,1-6H3/q+1. The van der Waals surface area contributed by atoms with Crippen LogP contribution in [-0.2, 0) is 5.41 Å². The first-order chi connectivity index (χ1) is 14.4. The van der Waals surface area contributed by atoms with E-state index in [0.717, 1.165) is 42.4 Å². The molecule has 0 saturated carbocycles. The minimum Gasteiger partial charge on any atom is -0.496 e. The van der Waals surface area contributed by atoms with Crippen LogP contribution in [0.1, 0.15) is 52.2 Å². The summed E-state index contributed by atoms with van der Waals surface area (Å²) in [5, 5.41) is 0.795. The summed E-state index contributed by atoms with van der Waals surface area (Å²) >= 11 is 6.36. The second-order valence-electron chi connectivity index (χ2n) is 7.91. The number of fused-ring (bicyclic) bond motifs is 1. The van der Waals surface area contributed by atoms with Crippen LogP contribution in [0.5, 0.6) is 5.75 Å². The molecular weight excluding hydrogens is 392 g/mol. The Morgan fingerprint density at radius 1 is 1.03 bits per heavy atom. The average molecular weight is 426 g/mol. The number of methoxy groups -OCH3 is 1. The van der Waals surface area contributed by atoms with Crippen molar-refractivity contribution in [1.82, 2.24) is 0 Å². The number of rotatable bonds is 8. The third kappa shape index (κ3) is 3.88. The van der Waals surface area contributed by atoms with E-state index < -0.39 is 0 Å². The van der Waals surface area contributed by atoms with E-state index in [9.17, 15) is 0 Å².